The summed E-state index contributed by atoms with van der Waals surface area (Å²) in [6.45, 7) is 5.36. The van der Waals surface area contributed by atoms with Crippen molar-refractivity contribution < 1.29 is 14.6 Å². The number of quaternary nitrogens is 1. The normalized spacial score (nSPS) is 20.9. The molecule has 0 radical (unpaired) electrons. The molecule has 1 amide bonds. The molecule has 0 spiro atoms. The smallest absolute Gasteiger partial charge is 0.269 e. The second kappa shape index (κ2) is 8.62. The molecule has 0 saturated carbocycles. The summed E-state index contributed by atoms with van der Waals surface area (Å²) >= 11 is 0. The molecule has 6 nitrogen and oxygen atoms in total. The van der Waals surface area contributed by atoms with E-state index in [-0.39, 0.29) is 18.0 Å². The number of nitrogens with one attached hydrogen (secondary N) is 2. The van der Waals surface area contributed by atoms with Crippen molar-refractivity contribution in [2.45, 2.75) is 45.1 Å². The fourth-order valence-corrected chi connectivity index (χ4v) is 3.15. The zero-order valence-corrected chi connectivity index (χ0v) is 13.7. The number of non-ortho nitro benzene ring substituents is 1. The molecular weight excluding hydrogens is 294 g/mol. The molecule has 2 atom stereocenters. The van der Waals surface area contributed by atoms with E-state index in [1.807, 2.05) is 0 Å². The van der Waals surface area contributed by atoms with Crippen molar-refractivity contribution in [2.75, 3.05) is 19.6 Å². The molecule has 0 aliphatic carbocycles. The maximum atomic E-state index is 11.9. The molecule has 1 aliphatic heterocycles. The Labute approximate surface area is 137 Å². The van der Waals surface area contributed by atoms with Gasteiger partial charge in [0.1, 0.15) is 0 Å². The summed E-state index contributed by atoms with van der Waals surface area (Å²) in [5.41, 5.74) is 0.844. The monoisotopic (exact) mass is 320 g/mol. The molecule has 1 fully saturated rings. The Hall–Kier alpha value is -1.95. The number of piperidine rings is 1. The summed E-state index contributed by atoms with van der Waals surface area (Å²) in [6, 6.07) is 6.88. The van der Waals surface area contributed by atoms with Gasteiger partial charge in [-0.2, -0.15) is 0 Å². The van der Waals surface area contributed by atoms with Crippen LogP contribution in [0.2, 0.25) is 0 Å². The number of benzene rings is 1. The lowest BCUT2D eigenvalue weighted by Crippen LogP contribution is -3.16. The Morgan fingerprint density at radius 3 is 2.74 bits per heavy atom. The summed E-state index contributed by atoms with van der Waals surface area (Å²) in [5.74, 6) is -0.0273. The van der Waals surface area contributed by atoms with E-state index in [1.165, 1.54) is 37.9 Å². The van der Waals surface area contributed by atoms with Gasteiger partial charge in [0.2, 0.25) is 5.91 Å². The molecule has 126 valence electrons. The first-order chi connectivity index (χ1) is 11.1. The number of hydrogen-bond acceptors (Lipinski definition) is 3. The van der Waals surface area contributed by atoms with Gasteiger partial charge in [-0.15, -0.1) is 0 Å². The van der Waals surface area contributed by atoms with Gasteiger partial charge in [-0.05, 0) is 31.7 Å². The van der Waals surface area contributed by atoms with Crippen molar-refractivity contribution in [3.63, 3.8) is 0 Å². The van der Waals surface area contributed by atoms with Crippen molar-refractivity contribution >= 4 is 11.6 Å². The topological polar surface area (TPSA) is 76.7 Å². The predicted molar refractivity (Wildman–Crippen MR) is 88.4 cm³/mol. The van der Waals surface area contributed by atoms with Gasteiger partial charge in [0.15, 0.2) is 0 Å². The van der Waals surface area contributed by atoms with Gasteiger partial charge in [-0.1, -0.05) is 12.1 Å². The summed E-state index contributed by atoms with van der Waals surface area (Å²) < 4.78 is 0. The zero-order valence-electron chi connectivity index (χ0n) is 13.7. The maximum absolute atomic E-state index is 11.9. The minimum absolute atomic E-state index is 0.0273. The molecule has 1 saturated heterocycles. The quantitative estimate of drug-likeness (QED) is 0.449. The number of likely N-dealkylation sites (tertiary alicyclic amines) is 1. The van der Waals surface area contributed by atoms with Crippen molar-refractivity contribution in [2.24, 2.45) is 0 Å². The zero-order chi connectivity index (χ0) is 16.7. The molecule has 2 N–H and O–H groups in total. The highest BCUT2D eigenvalue weighted by molar-refractivity contribution is 5.78. The molecule has 1 unspecified atom stereocenters. The molecule has 6 heteroatoms. The molecule has 1 aliphatic rings. The lowest BCUT2D eigenvalue weighted by atomic mass is 10.0. The lowest BCUT2D eigenvalue weighted by molar-refractivity contribution is -0.928. The number of nitro benzene ring substituents is 1. The third kappa shape index (κ3) is 5.63. The van der Waals surface area contributed by atoms with Crippen molar-refractivity contribution in [1.29, 1.82) is 0 Å². The summed E-state index contributed by atoms with van der Waals surface area (Å²) in [6.07, 6.45) is 5.22. The van der Waals surface area contributed by atoms with E-state index in [0.29, 0.717) is 6.54 Å². The Morgan fingerprint density at radius 2 is 2.09 bits per heavy atom. The van der Waals surface area contributed by atoms with Crippen LogP contribution in [0.15, 0.2) is 24.3 Å². The highest BCUT2D eigenvalue weighted by atomic mass is 16.6. The number of carbonyl (C=O) groups excluding carboxylic acids is 1. The summed E-state index contributed by atoms with van der Waals surface area (Å²) in [7, 11) is 0. The van der Waals surface area contributed by atoms with Gasteiger partial charge >= 0.3 is 0 Å². The minimum atomic E-state index is -0.437. The number of nitro groups is 1. The van der Waals surface area contributed by atoms with Crippen LogP contribution in [0.3, 0.4) is 0 Å². The van der Waals surface area contributed by atoms with E-state index in [2.05, 4.69) is 12.2 Å². The molecule has 1 heterocycles. The van der Waals surface area contributed by atoms with Crippen LogP contribution in [0.4, 0.5) is 5.69 Å². The molecular formula is C17H26N3O3+. The van der Waals surface area contributed by atoms with Crippen LogP contribution >= 0.6 is 0 Å². The van der Waals surface area contributed by atoms with Crippen molar-refractivity contribution in [3.05, 3.63) is 39.9 Å². The van der Waals surface area contributed by atoms with Crippen LogP contribution in [-0.2, 0) is 11.2 Å². The Morgan fingerprint density at radius 1 is 1.35 bits per heavy atom. The molecule has 1 aromatic carbocycles. The standard InChI is InChI=1S/C17H25N3O3/c1-14-5-2-3-11-19(14)12-4-10-18-17(21)13-15-6-8-16(9-7-15)20(22)23/h6-9,14H,2-5,10-13H2,1H3,(H,18,21)/p+1/t14-/m1/s1. The first-order valence-electron chi connectivity index (χ1n) is 8.41. The van der Waals surface area contributed by atoms with Crippen molar-refractivity contribution in [1.82, 2.24) is 5.32 Å². The third-order valence-corrected chi connectivity index (χ3v) is 4.59. The lowest BCUT2D eigenvalue weighted by Gasteiger charge is -2.30. The van der Waals surface area contributed by atoms with Gasteiger partial charge in [0.25, 0.3) is 5.69 Å². The Kier molecular flexibility index (Phi) is 6.52. The van der Waals surface area contributed by atoms with Crippen LogP contribution < -0.4 is 10.2 Å². The highest BCUT2D eigenvalue weighted by Gasteiger charge is 2.20. The van der Waals surface area contributed by atoms with Crippen LogP contribution in [0.5, 0.6) is 0 Å². The van der Waals surface area contributed by atoms with E-state index < -0.39 is 4.92 Å². The number of hydrogen-bond donors (Lipinski definition) is 2. The van der Waals surface area contributed by atoms with E-state index in [9.17, 15) is 14.9 Å². The second-order valence-corrected chi connectivity index (χ2v) is 6.36. The Bertz CT molecular complexity index is 530. The van der Waals surface area contributed by atoms with E-state index in [4.69, 9.17) is 0 Å². The van der Waals surface area contributed by atoms with Crippen LogP contribution in [0, 0.1) is 10.1 Å². The molecule has 0 bridgehead atoms. The molecule has 23 heavy (non-hydrogen) atoms. The minimum Gasteiger partial charge on any atom is -0.356 e. The fourth-order valence-electron chi connectivity index (χ4n) is 3.15. The Balaban J connectivity index is 1.65. The average molecular weight is 320 g/mol. The van der Waals surface area contributed by atoms with E-state index in [1.54, 1.807) is 17.0 Å². The fraction of sp³-hybridized carbons (Fsp3) is 0.588. The SMILES string of the molecule is C[C@@H]1CCCC[NH+]1CCCNC(=O)Cc1ccc([N+](=O)[O-])cc1. The number of nitrogens with zero attached hydrogens (tertiary/aromatic N) is 1. The second-order valence-electron chi connectivity index (χ2n) is 6.36. The van der Waals surface area contributed by atoms with E-state index >= 15 is 0 Å². The van der Waals surface area contributed by atoms with Crippen LogP contribution in [0.25, 0.3) is 0 Å². The van der Waals surface area contributed by atoms with Gasteiger partial charge in [0.05, 0.1) is 30.5 Å². The van der Waals surface area contributed by atoms with Gasteiger partial charge in [-0.25, -0.2) is 0 Å². The summed E-state index contributed by atoms with van der Waals surface area (Å²) in [4.78, 5) is 23.7. The van der Waals surface area contributed by atoms with Gasteiger partial charge in [0, 0.05) is 25.1 Å². The first kappa shape index (κ1) is 17.4. The average Bonchev–Trinajstić information content (AvgIpc) is 2.53. The number of rotatable bonds is 7. The molecule has 0 aromatic heterocycles. The third-order valence-electron chi connectivity index (χ3n) is 4.59. The van der Waals surface area contributed by atoms with Crippen LogP contribution in [0.1, 0.15) is 38.2 Å². The van der Waals surface area contributed by atoms with Crippen LogP contribution in [-0.4, -0.2) is 36.5 Å². The van der Waals surface area contributed by atoms with E-state index in [0.717, 1.165) is 24.6 Å². The largest absolute Gasteiger partial charge is 0.356 e. The first-order valence-corrected chi connectivity index (χ1v) is 8.41. The van der Waals surface area contributed by atoms with Crippen molar-refractivity contribution in [3.8, 4) is 0 Å². The predicted octanol–water partition coefficient (Wildman–Crippen LogP) is 1.10. The summed E-state index contributed by atoms with van der Waals surface area (Å²) in [5, 5.41) is 13.5. The van der Waals surface area contributed by atoms with Gasteiger partial charge in [-0.3, -0.25) is 14.9 Å². The molecule has 1 aromatic rings. The number of amides is 1. The number of carbonyl (C=O) groups is 1. The maximum Gasteiger partial charge on any atom is 0.269 e. The highest BCUT2D eigenvalue weighted by Crippen LogP contribution is 2.12. The molecule has 2 rings (SSSR count). The van der Waals surface area contributed by atoms with Gasteiger partial charge < -0.3 is 10.2 Å².